The van der Waals surface area contributed by atoms with Crippen molar-refractivity contribution in [1.82, 2.24) is 19.9 Å². The summed E-state index contributed by atoms with van der Waals surface area (Å²) in [6, 6.07) is 7.44. The number of hydrogen-bond acceptors (Lipinski definition) is 6. The van der Waals surface area contributed by atoms with Crippen LogP contribution in [-0.2, 0) is 9.47 Å². The molecule has 0 radical (unpaired) electrons. The van der Waals surface area contributed by atoms with Crippen LogP contribution < -0.4 is 0 Å². The topological polar surface area (TPSA) is 110 Å². The molecular formula is C26H22N4O4. The normalized spacial score (nSPS) is 12.1. The first kappa shape index (κ1) is 21.4. The lowest BCUT2D eigenvalue weighted by Gasteiger charge is -2.02. The van der Waals surface area contributed by atoms with E-state index in [0.29, 0.717) is 44.9 Å². The SMILES string of the molecule is COC(=O)c1c2nc(c(C)c3ccc([nH]3)c(C(=O)OC)c3ccc([nH]3)c(C)c3nc1C=C3)C=C2. The average molecular weight is 454 g/mol. The number of fused-ring (bicyclic) bond motifs is 8. The Kier molecular flexibility index (Phi) is 5.13. The van der Waals surface area contributed by atoms with Crippen LogP contribution in [0.3, 0.4) is 0 Å². The summed E-state index contributed by atoms with van der Waals surface area (Å²) in [5.41, 5.74) is 7.53. The third-order valence-corrected chi connectivity index (χ3v) is 6.06. The molecule has 0 fully saturated rings. The minimum Gasteiger partial charge on any atom is -0.465 e. The monoisotopic (exact) mass is 454 g/mol. The Morgan fingerprint density at radius 2 is 1.00 bits per heavy atom. The Bertz CT molecular complexity index is 1490. The van der Waals surface area contributed by atoms with E-state index >= 15 is 0 Å². The van der Waals surface area contributed by atoms with Crippen LogP contribution in [0.25, 0.3) is 46.4 Å². The van der Waals surface area contributed by atoms with Crippen molar-refractivity contribution in [1.29, 1.82) is 0 Å². The van der Waals surface area contributed by atoms with E-state index in [1.54, 1.807) is 12.2 Å². The average Bonchev–Trinajstić information content (AvgIpc) is 3.65. The second-order valence-electron chi connectivity index (χ2n) is 7.99. The molecule has 0 saturated carbocycles. The first-order chi connectivity index (χ1) is 16.4. The van der Waals surface area contributed by atoms with Crippen molar-refractivity contribution >= 4 is 58.3 Å². The van der Waals surface area contributed by atoms with Gasteiger partial charge in [0, 0.05) is 11.0 Å². The van der Waals surface area contributed by atoms with Crippen molar-refractivity contribution in [3.63, 3.8) is 0 Å². The summed E-state index contributed by atoms with van der Waals surface area (Å²) >= 11 is 0. The zero-order chi connectivity index (χ0) is 24.0. The number of aryl methyl sites for hydroxylation is 2. The van der Waals surface area contributed by atoms with Crippen molar-refractivity contribution in [2.24, 2.45) is 0 Å². The van der Waals surface area contributed by atoms with Gasteiger partial charge in [0.2, 0.25) is 0 Å². The van der Waals surface area contributed by atoms with Gasteiger partial charge in [-0.1, -0.05) is 0 Å². The van der Waals surface area contributed by atoms with Gasteiger partial charge in [0.15, 0.2) is 0 Å². The smallest absolute Gasteiger partial charge is 0.342 e. The molecule has 34 heavy (non-hydrogen) atoms. The molecule has 0 atom stereocenters. The maximum atomic E-state index is 12.7. The number of rotatable bonds is 2. The first-order valence-electron chi connectivity index (χ1n) is 10.7. The minimum absolute atomic E-state index is 0.299. The lowest BCUT2D eigenvalue weighted by atomic mass is 10.1. The fourth-order valence-corrected chi connectivity index (χ4v) is 4.13. The molecule has 8 nitrogen and oxygen atoms in total. The summed E-state index contributed by atoms with van der Waals surface area (Å²) < 4.78 is 10.1. The molecule has 2 aliphatic heterocycles. The predicted molar refractivity (Wildman–Crippen MR) is 131 cm³/mol. The van der Waals surface area contributed by atoms with Crippen LogP contribution in [0.15, 0.2) is 24.3 Å². The molecule has 3 aromatic rings. The largest absolute Gasteiger partial charge is 0.465 e. The van der Waals surface area contributed by atoms with E-state index in [1.165, 1.54) is 14.2 Å². The molecule has 0 spiro atoms. The van der Waals surface area contributed by atoms with Crippen LogP contribution in [0, 0.1) is 13.8 Å². The highest BCUT2D eigenvalue weighted by Gasteiger charge is 2.21. The van der Waals surface area contributed by atoms with Crippen molar-refractivity contribution in [2.75, 3.05) is 14.2 Å². The number of esters is 2. The van der Waals surface area contributed by atoms with Crippen molar-refractivity contribution in [3.8, 4) is 0 Å². The van der Waals surface area contributed by atoms with Crippen LogP contribution in [0.4, 0.5) is 0 Å². The van der Waals surface area contributed by atoms with E-state index in [1.807, 2.05) is 50.3 Å². The van der Waals surface area contributed by atoms with Crippen molar-refractivity contribution < 1.29 is 19.1 Å². The van der Waals surface area contributed by atoms with E-state index in [9.17, 15) is 9.59 Å². The predicted octanol–water partition coefficient (Wildman–Crippen LogP) is 4.85. The number of nitrogens with one attached hydrogen (secondary N) is 2. The fourth-order valence-electron chi connectivity index (χ4n) is 4.13. The lowest BCUT2D eigenvalue weighted by molar-refractivity contribution is 0.0592. The third-order valence-electron chi connectivity index (χ3n) is 6.06. The van der Waals surface area contributed by atoms with Gasteiger partial charge in [0.05, 0.1) is 48.0 Å². The van der Waals surface area contributed by atoms with Crippen LogP contribution in [0.5, 0.6) is 0 Å². The number of aromatic nitrogens is 4. The molecule has 0 amide bonds. The van der Waals surface area contributed by atoms with E-state index < -0.39 is 11.9 Å². The first-order valence-corrected chi connectivity index (χ1v) is 10.7. The van der Waals surface area contributed by atoms with E-state index in [2.05, 4.69) is 9.97 Å². The van der Waals surface area contributed by atoms with Gasteiger partial charge < -0.3 is 19.4 Å². The summed E-state index contributed by atoms with van der Waals surface area (Å²) in [4.78, 5) is 41.4. The van der Waals surface area contributed by atoms with Gasteiger partial charge in [-0.3, -0.25) is 0 Å². The van der Waals surface area contributed by atoms with Gasteiger partial charge in [-0.2, -0.15) is 0 Å². The van der Waals surface area contributed by atoms with E-state index in [0.717, 1.165) is 22.2 Å². The molecule has 0 aliphatic carbocycles. The maximum absolute atomic E-state index is 12.7. The number of H-pyrrole nitrogens is 2. The number of aromatic amines is 2. The highest BCUT2D eigenvalue weighted by Crippen LogP contribution is 2.27. The highest BCUT2D eigenvalue weighted by atomic mass is 16.5. The molecule has 2 N–H and O–H groups in total. The maximum Gasteiger partial charge on any atom is 0.342 e. The van der Waals surface area contributed by atoms with Crippen LogP contribution in [0.1, 0.15) is 54.6 Å². The van der Waals surface area contributed by atoms with Gasteiger partial charge in [0.25, 0.3) is 0 Å². The molecule has 0 saturated heterocycles. The van der Waals surface area contributed by atoms with Gasteiger partial charge in [-0.15, -0.1) is 0 Å². The standard InChI is InChI=1S/C26H22N4O4/c1-13-15-5-9-19(27-15)23(25(31)33-3)21-11-7-17(29-21)14(2)18-8-12-22(30-18)24(26(32)34-4)20-10-6-16(13)28-20/h5-12,27,29H,1-4H3. The van der Waals surface area contributed by atoms with Gasteiger partial charge in [0.1, 0.15) is 11.1 Å². The lowest BCUT2D eigenvalue weighted by Crippen LogP contribution is -2.06. The molecule has 8 bridgehead atoms. The van der Waals surface area contributed by atoms with Crippen LogP contribution in [0.2, 0.25) is 0 Å². The summed E-state index contributed by atoms with van der Waals surface area (Å²) in [7, 11) is 2.70. The quantitative estimate of drug-likeness (QED) is 0.369. The van der Waals surface area contributed by atoms with Gasteiger partial charge >= 0.3 is 11.9 Å². The van der Waals surface area contributed by atoms with Gasteiger partial charge in [-0.25, -0.2) is 19.6 Å². The number of hydrogen-bond donors (Lipinski definition) is 2. The second kappa shape index (κ2) is 8.15. The van der Waals surface area contributed by atoms with Crippen molar-refractivity contribution in [2.45, 2.75) is 13.8 Å². The molecule has 5 heterocycles. The Morgan fingerprint density at radius 3 is 1.44 bits per heavy atom. The molecule has 8 heteroatoms. The number of carbonyl (C=O) groups excluding carboxylic acids is 2. The van der Waals surface area contributed by atoms with Crippen LogP contribution >= 0.6 is 0 Å². The number of ether oxygens (including phenoxy) is 2. The summed E-state index contributed by atoms with van der Waals surface area (Å²) in [6.45, 7) is 3.84. The molecule has 2 aliphatic rings. The highest BCUT2D eigenvalue weighted by molar-refractivity contribution is 6.04. The summed E-state index contributed by atoms with van der Waals surface area (Å²) in [5, 5.41) is 0. The van der Waals surface area contributed by atoms with Crippen molar-refractivity contribution in [3.05, 3.63) is 69.3 Å². The Morgan fingerprint density at radius 1 is 0.618 bits per heavy atom. The minimum atomic E-state index is -0.507. The Hall–Kier alpha value is -4.46. The zero-order valence-corrected chi connectivity index (χ0v) is 19.1. The third kappa shape index (κ3) is 3.40. The van der Waals surface area contributed by atoms with Crippen LogP contribution in [-0.4, -0.2) is 46.1 Å². The number of carbonyl (C=O) groups is 2. The Balaban J connectivity index is 1.98. The fraction of sp³-hybridized carbons (Fsp3) is 0.154. The van der Waals surface area contributed by atoms with E-state index in [-0.39, 0.29) is 0 Å². The molecule has 3 aromatic heterocycles. The number of methoxy groups -OCH3 is 2. The molecule has 170 valence electrons. The number of nitrogens with zero attached hydrogens (tertiary/aromatic N) is 2. The zero-order valence-electron chi connectivity index (χ0n) is 19.1. The second-order valence-corrected chi connectivity index (χ2v) is 7.99. The summed E-state index contributed by atoms with van der Waals surface area (Å²) in [6.07, 6.45) is 7.24. The molecular weight excluding hydrogens is 432 g/mol. The van der Waals surface area contributed by atoms with Gasteiger partial charge in [-0.05, 0) is 73.5 Å². The Labute approximate surface area is 195 Å². The van der Waals surface area contributed by atoms with E-state index in [4.69, 9.17) is 19.4 Å². The molecule has 5 rings (SSSR count). The molecule has 0 unspecified atom stereocenters. The molecule has 0 aromatic carbocycles. The summed E-state index contributed by atoms with van der Waals surface area (Å²) in [5.74, 6) is -0.967.